The summed E-state index contributed by atoms with van der Waals surface area (Å²) in [6.07, 6.45) is 6.12. The van der Waals surface area contributed by atoms with E-state index in [9.17, 15) is 4.79 Å². The molecule has 2 saturated carbocycles. The molecule has 4 rings (SSSR count). The average molecular weight is 397 g/mol. The quantitative estimate of drug-likeness (QED) is 0.728. The first kappa shape index (κ1) is 18.2. The molecule has 2 atom stereocenters. The van der Waals surface area contributed by atoms with Crippen LogP contribution in [0.5, 0.6) is 0 Å². The zero-order chi connectivity index (χ0) is 17.7. The number of carbonyl (C=O) groups is 1. The van der Waals surface area contributed by atoms with Crippen LogP contribution in [0.1, 0.15) is 58.6 Å². The van der Waals surface area contributed by atoms with E-state index in [2.05, 4.69) is 60.0 Å². The third-order valence-corrected chi connectivity index (χ3v) is 10.8. The molecule has 138 valence electrons. The minimum Gasteiger partial charge on any atom is -0.302 e. The first-order valence-electron chi connectivity index (χ1n) is 9.43. The predicted molar refractivity (Wildman–Crippen MR) is 111 cm³/mol. The van der Waals surface area contributed by atoms with Gasteiger partial charge in [0.25, 0.3) is 0 Å². The minimum atomic E-state index is 0.0324. The predicted octanol–water partition coefficient (Wildman–Crippen LogP) is 5.38. The molecule has 1 aliphatic heterocycles. The molecule has 3 fully saturated rings. The van der Waals surface area contributed by atoms with Gasteiger partial charge in [-0.25, -0.2) is 4.98 Å². The van der Waals surface area contributed by atoms with Gasteiger partial charge in [0.05, 0.1) is 9.77 Å². The molecule has 6 heteroatoms. The summed E-state index contributed by atoms with van der Waals surface area (Å²) in [5.74, 6) is 4.40. The van der Waals surface area contributed by atoms with Crippen LogP contribution in [0.15, 0.2) is 5.38 Å². The van der Waals surface area contributed by atoms with Gasteiger partial charge in [-0.15, -0.1) is 34.9 Å². The molecular formula is C19H28N2OS3. The fraction of sp³-hybridized carbons (Fsp3) is 0.789. The highest BCUT2D eigenvalue weighted by Gasteiger charge is 2.55. The molecule has 2 aliphatic carbocycles. The smallest absolute Gasteiger partial charge is 0.229 e. The molecule has 1 aromatic rings. The van der Waals surface area contributed by atoms with Crippen molar-refractivity contribution in [2.45, 2.75) is 62.4 Å². The van der Waals surface area contributed by atoms with Crippen molar-refractivity contribution >= 4 is 45.9 Å². The largest absolute Gasteiger partial charge is 0.302 e. The zero-order valence-corrected chi connectivity index (χ0v) is 17.8. The van der Waals surface area contributed by atoms with Crippen molar-refractivity contribution in [3.63, 3.8) is 0 Å². The number of thioether (sulfide) groups is 2. The number of aromatic nitrogens is 1. The Morgan fingerprint density at radius 3 is 2.40 bits per heavy atom. The number of nitrogens with one attached hydrogen (secondary N) is 1. The van der Waals surface area contributed by atoms with Gasteiger partial charge < -0.3 is 5.32 Å². The van der Waals surface area contributed by atoms with E-state index in [1.807, 2.05) is 0 Å². The highest BCUT2D eigenvalue weighted by Crippen LogP contribution is 2.64. The Labute approximate surface area is 163 Å². The van der Waals surface area contributed by atoms with Crippen molar-refractivity contribution in [3.05, 3.63) is 11.1 Å². The molecule has 1 aromatic heterocycles. The van der Waals surface area contributed by atoms with Crippen LogP contribution < -0.4 is 5.32 Å². The first-order valence-corrected chi connectivity index (χ1v) is 12.3. The number of nitrogens with zero attached hydrogens (tertiary/aromatic N) is 1. The number of amides is 1. The van der Waals surface area contributed by atoms with E-state index >= 15 is 0 Å². The van der Waals surface area contributed by atoms with Gasteiger partial charge >= 0.3 is 0 Å². The van der Waals surface area contributed by atoms with E-state index in [1.165, 1.54) is 30.8 Å². The summed E-state index contributed by atoms with van der Waals surface area (Å²) in [4.78, 5) is 17.5. The Hall–Kier alpha value is -0.200. The Kier molecular flexibility index (Phi) is 4.91. The second kappa shape index (κ2) is 6.75. The van der Waals surface area contributed by atoms with E-state index in [0.717, 1.165) is 35.5 Å². The van der Waals surface area contributed by atoms with Gasteiger partial charge in [-0.3, -0.25) is 4.79 Å². The summed E-state index contributed by atoms with van der Waals surface area (Å²) in [6.45, 7) is 6.48. The lowest BCUT2D eigenvalue weighted by atomic mass is 9.67. The third kappa shape index (κ3) is 3.39. The number of hydrogen-bond donors (Lipinski definition) is 1. The molecule has 1 saturated heterocycles. The average Bonchev–Trinajstić information content (AvgIpc) is 3.17. The number of hydrogen-bond acceptors (Lipinski definition) is 5. The fourth-order valence-corrected chi connectivity index (χ4v) is 9.58. The van der Waals surface area contributed by atoms with Crippen LogP contribution in [0.4, 0.5) is 5.13 Å². The summed E-state index contributed by atoms with van der Waals surface area (Å²) in [6, 6.07) is 0. The molecule has 1 spiro atoms. The molecule has 2 bridgehead atoms. The van der Waals surface area contributed by atoms with Crippen molar-refractivity contribution in [2.24, 2.45) is 17.8 Å². The Morgan fingerprint density at radius 1 is 1.20 bits per heavy atom. The van der Waals surface area contributed by atoms with Crippen LogP contribution >= 0.6 is 34.9 Å². The van der Waals surface area contributed by atoms with Crippen molar-refractivity contribution in [2.75, 3.05) is 16.8 Å². The summed E-state index contributed by atoms with van der Waals surface area (Å²) in [5, 5.41) is 5.97. The van der Waals surface area contributed by atoms with E-state index in [4.69, 9.17) is 0 Å². The lowest BCUT2D eigenvalue weighted by Crippen LogP contribution is -2.48. The summed E-state index contributed by atoms with van der Waals surface area (Å²) in [5.41, 5.74) is 1.09. The topological polar surface area (TPSA) is 42.0 Å². The lowest BCUT2D eigenvalue weighted by molar-refractivity contribution is -0.122. The van der Waals surface area contributed by atoms with Crippen LogP contribution in [-0.4, -0.2) is 26.5 Å². The van der Waals surface area contributed by atoms with Gasteiger partial charge in [0.1, 0.15) is 0 Å². The Balaban J connectivity index is 1.44. The maximum atomic E-state index is 12.9. The third-order valence-electron chi connectivity index (χ3n) is 5.99. The van der Waals surface area contributed by atoms with Crippen molar-refractivity contribution < 1.29 is 4.79 Å². The normalized spacial score (nSPS) is 31.2. The lowest BCUT2D eigenvalue weighted by Gasteiger charge is -2.51. The molecular weight excluding hydrogens is 368 g/mol. The number of thiazole rings is 1. The molecule has 2 heterocycles. The number of carbonyl (C=O) groups excluding carboxylic acids is 1. The van der Waals surface area contributed by atoms with Crippen LogP contribution in [0.3, 0.4) is 0 Å². The van der Waals surface area contributed by atoms with Crippen molar-refractivity contribution in [1.29, 1.82) is 0 Å². The van der Waals surface area contributed by atoms with E-state index in [-0.39, 0.29) is 17.2 Å². The van der Waals surface area contributed by atoms with Gasteiger partial charge in [-0.2, -0.15) is 0 Å². The molecule has 1 amide bonds. The molecule has 25 heavy (non-hydrogen) atoms. The molecule has 1 N–H and O–H groups in total. The van der Waals surface area contributed by atoms with Crippen molar-refractivity contribution in [1.82, 2.24) is 4.98 Å². The van der Waals surface area contributed by atoms with Crippen molar-refractivity contribution in [3.8, 4) is 0 Å². The number of rotatable bonds is 2. The Bertz CT molecular complexity index is 629. The maximum absolute atomic E-state index is 12.9. The fourth-order valence-electron chi connectivity index (χ4n) is 4.71. The molecule has 0 radical (unpaired) electrons. The minimum absolute atomic E-state index is 0.0324. The second-order valence-corrected chi connectivity index (χ2v) is 12.5. The standard InChI is InChI=1S/C19H28N2OS3/c1-18(2,3)15-11-23-17(20-15)21-16(22)12-9-13-5-4-6-14(10-12)19(13)24-7-8-25-19/h11-14H,4-10H2,1-3H3,(H,20,21,22). The zero-order valence-electron chi connectivity index (χ0n) is 15.3. The molecule has 3 nitrogen and oxygen atoms in total. The van der Waals surface area contributed by atoms with E-state index in [1.54, 1.807) is 11.3 Å². The molecule has 2 unspecified atom stereocenters. The first-order chi connectivity index (χ1) is 11.9. The Morgan fingerprint density at radius 2 is 1.84 bits per heavy atom. The van der Waals surface area contributed by atoms with Gasteiger partial charge in [0, 0.05) is 28.2 Å². The highest BCUT2D eigenvalue weighted by atomic mass is 32.2. The van der Waals surface area contributed by atoms with Crippen LogP contribution in [0.2, 0.25) is 0 Å². The van der Waals surface area contributed by atoms with Crippen LogP contribution in [0.25, 0.3) is 0 Å². The molecule has 0 aromatic carbocycles. The number of anilines is 1. The van der Waals surface area contributed by atoms with Crippen LogP contribution in [0, 0.1) is 17.8 Å². The van der Waals surface area contributed by atoms with Gasteiger partial charge in [0.15, 0.2) is 5.13 Å². The highest BCUT2D eigenvalue weighted by molar-refractivity contribution is 8.21. The summed E-state index contributed by atoms with van der Waals surface area (Å²) >= 11 is 5.96. The maximum Gasteiger partial charge on any atom is 0.229 e. The second-order valence-electron chi connectivity index (χ2n) is 8.69. The van der Waals surface area contributed by atoms with Crippen LogP contribution in [-0.2, 0) is 10.2 Å². The van der Waals surface area contributed by atoms with Gasteiger partial charge in [-0.05, 0) is 37.5 Å². The van der Waals surface area contributed by atoms with E-state index in [0.29, 0.717) is 4.08 Å². The van der Waals surface area contributed by atoms with Gasteiger partial charge in [0.2, 0.25) is 5.91 Å². The monoisotopic (exact) mass is 396 g/mol. The summed E-state index contributed by atoms with van der Waals surface area (Å²) < 4.78 is 0.440. The SMILES string of the molecule is CC(C)(C)c1csc(NC(=O)C2CC3CCCC(C2)C32SCCS2)n1. The summed E-state index contributed by atoms with van der Waals surface area (Å²) in [7, 11) is 0. The van der Waals surface area contributed by atoms with E-state index < -0.39 is 0 Å². The van der Waals surface area contributed by atoms with Gasteiger partial charge in [-0.1, -0.05) is 27.2 Å². The molecule has 3 aliphatic rings.